The number of hydrogen-bond acceptors (Lipinski definition) is 9. The summed E-state index contributed by atoms with van der Waals surface area (Å²) < 4.78 is 0. The van der Waals surface area contributed by atoms with Crippen molar-refractivity contribution in [2.24, 2.45) is 21.9 Å². The number of ketones is 1. The van der Waals surface area contributed by atoms with Gasteiger partial charge in [0.15, 0.2) is 17.5 Å². The average molecular weight is 579 g/mol. The Balaban J connectivity index is 1.71. The predicted octanol–water partition coefficient (Wildman–Crippen LogP) is 4.57. The van der Waals surface area contributed by atoms with E-state index in [4.69, 9.17) is 16.4 Å². The Kier molecular flexibility index (Phi) is 9.61. The lowest BCUT2D eigenvalue weighted by Gasteiger charge is -2.26. The molecule has 4 rings (SSSR count). The molecular weight excluding hydrogens is 548 g/mol. The van der Waals surface area contributed by atoms with Gasteiger partial charge in [-0.3, -0.25) is 4.79 Å². The first-order chi connectivity index (χ1) is 20.7. The van der Waals surface area contributed by atoms with Crippen LogP contribution in [-0.2, 0) is 19.3 Å². The molecule has 11 nitrogen and oxygen atoms in total. The summed E-state index contributed by atoms with van der Waals surface area (Å²) in [7, 11) is 0. The van der Waals surface area contributed by atoms with Crippen LogP contribution < -0.4 is 21.9 Å². The number of nitrogens with zero attached hydrogens (tertiary/aromatic N) is 3. The summed E-state index contributed by atoms with van der Waals surface area (Å²) in [4.78, 5) is 46.7. The van der Waals surface area contributed by atoms with Gasteiger partial charge in [-0.2, -0.15) is 0 Å². The van der Waals surface area contributed by atoms with E-state index in [1.165, 1.54) is 13.8 Å². The highest BCUT2D eigenvalue weighted by Gasteiger charge is 2.16. The highest BCUT2D eigenvalue weighted by Crippen LogP contribution is 2.35. The standard InChI is InChI=1S/C32H30N6O5/c1-20-5-4-6-26(19-20)30(41)23-7-13-27(14-8-23)38(28-15-9-24(10-16-28)31(33)36-42-21(2)39)29-17-11-25(12-18-29)32(35-34)37-43-22(3)40/h4-19H,34H2,1-3H3,(H2,33,36)(H,35,37). The molecule has 4 aromatic carbocycles. The molecule has 0 saturated heterocycles. The Labute approximate surface area is 248 Å². The van der Waals surface area contributed by atoms with E-state index in [2.05, 4.69) is 20.6 Å². The van der Waals surface area contributed by atoms with Crippen molar-refractivity contribution in [1.82, 2.24) is 5.43 Å². The van der Waals surface area contributed by atoms with Gasteiger partial charge in [-0.15, -0.1) is 0 Å². The van der Waals surface area contributed by atoms with Crippen molar-refractivity contribution in [2.75, 3.05) is 4.90 Å². The minimum absolute atomic E-state index is 0.0468. The molecule has 0 unspecified atom stereocenters. The highest BCUT2D eigenvalue weighted by molar-refractivity contribution is 6.09. The van der Waals surface area contributed by atoms with E-state index in [-0.39, 0.29) is 17.5 Å². The molecule has 0 saturated carbocycles. The van der Waals surface area contributed by atoms with Crippen LogP contribution in [0.4, 0.5) is 17.1 Å². The Morgan fingerprint density at radius 3 is 1.65 bits per heavy atom. The van der Waals surface area contributed by atoms with Crippen LogP contribution in [0.5, 0.6) is 0 Å². The van der Waals surface area contributed by atoms with E-state index < -0.39 is 11.9 Å². The van der Waals surface area contributed by atoms with Crippen LogP contribution in [0.25, 0.3) is 0 Å². The second-order valence-electron chi connectivity index (χ2n) is 9.40. The molecule has 43 heavy (non-hydrogen) atoms. The van der Waals surface area contributed by atoms with Gasteiger partial charge in [0.1, 0.15) is 0 Å². The van der Waals surface area contributed by atoms with E-state index in [1.54, 1.807) is 42.5 Å². The number of nitrogens with two attached hydrogens (primary N) is 2. The zero-order chi connectivity index (χ0) is 30.9. The molecule has 0 amide bonds. The third-order valence-corrected chi connectivity index (χ3v) is 6.16. The van der Waals surface area contributed by atoms with Gasteiger partial charge in [-0.25, -0.2) is 15.4 Å². The largest absolute Gasteiger partial charge is 0.380 e. The maximum Gasteiger partial charge on any atom is 0.332 e. The normalized spacial score (nSPS) is 11.4. The van der Waals surface area contributed by atoms with Gasteiger partial charge in [0, 0.05) is 53.2 Å². The quantitative estimate of drug-likeness (QED) is 0.0645. The molecule has 0 radical (unpaired) electrons. The SMILES string of the molecule is CC(=O)ON=C(NN)c1ccc(N(c2ccc(C(=O)c3cccc(C)c3)cc2)c2ccc(/C(N)=N/OC(C)=O)cc2)cc1. The first-order valence-corrected chi connectivity index (χ1v) is 13.1. The zero-order valence-electron chi connectivity index (χ0n) is 23.8. The molecule has 0 fully saturated rings. The maximum absolute atomic E-state index is 13.1. The van der Waals surface area contributed by atoms with Gasteiger partial charge in [0.25, 0.3) is 0 Å². The number of hydrazine groups is 1. The van der Waals surface area contributed by atoms with Gasteiger partial charge in [0.2, 0.25) is 0 Å². The summed E-state index contributed by atoms with van der Waals surface area (Å²) in [5.41, 5.74) is 14.0. The lowest BCUT2D eigenvalue weighted by atomic mass is 10.0. The molecule has 218 valence electrons. The van der Waals surface area contributed by atoms with E-state index >= 15 is 0 Å². The predicted molar refractivity (Wildman–Crippen MR) is 164 cm³/mol. The Morgan fingerprint density at radius 1 is 0.674 bits per heavy atom. The molecule has 0 aromatic heterocycles. The molecule has 0 bridgehead atoms. The molecule has 5 N–H and O–H groups in total. The summed E-state index contributed by atoms with van der Waals surface area (Å²) in [6.45, 7) is 4.41. The van der Waals surface area contributed by atoms with Crippen LogP contribution in [0.2, 0.25) is 0 Å². The summed E-state index contributed by atoms with van der Waals surface area (Å²) in [5.74, 6) is 4.55. The smallest absolute Gasteiger partial charge is 0.332 e. The zero-order valence-corrected chi connectivity index (χ0v) is 23.8. The summed E-state index contributed by atoms with van der Waals surface area (Å²) >= 11 is 0. The number of aryl methyl sites for hydroxylation is 1. The molecule has 0 atom stereocenters. The first kappa shape index (κ1) is 30.2. The fourth-order valence-corrected chi connectivity index (χ4v) is 4.15. The minimum Gasteiger partial charge on any atom is -0.380 e. The van der Waals surface area contributed by atoms with Crippen molar-refractivity contribution in [2.45, 2.75) is 20.8 Å². The Morgan fingerprint density at radius 2 is 1.16 bits per heavy atom. The van der Waals surface area contributed by atoms with E-state index in [9.17, 15) is 14.4 Å². The van der Waals surface area contributed by atoms with Crippen molar-refractivity contribution in [3.63, 3.8) is 0 Å². The third kappa shape index (κ3) is 7.69. The number of rotatable bonds is 9. The van der Waals surface area contributed by atoms with E-state index in [0.717, 1.165) is 22.6 Å². The average Bonchev–Trinajstić information content (AvgIpc) is 3.01. The third-order valence-electron chi connectivity index (χ3n) is 6.16. The van der Waals surface area contributed by atoms with Crippen molar-refractivity contribution < 1.29 is 24.1 Å². The lowest BCUT2D eigenvalue weighted by molar-refractivity contribution is -0.141. The number of carbonyl (C=O) groups is 3. The first-order valence-electron chi connectivity index (χ1n) is 13.1. The van der Waals surface area contributed by atoms with Gasteiger partial charge in [0.05, 0.1) is 0 Å². The number of nitrogens with one attached hydrogen (secondary N) is 1. The number of carbonyl (C=O) groups excluding carboxylic acids is 3. The van der Waals surface area contributed by atoms with Crippen molar-refractivity contribution >= 4 is 46.5 Å². The summed E-state index contributed by atoms with van der Waals surface area (Å²) in [5, 5.41) is 7.38. The number of oxime groups is 2. The van der Waals surface area contributed by atoms with Crippen molar-refractivity contribution in [1.29, 1.82) is 0 Å². The van der Waals surface area contributed by atoms with Crippen LogP contribution in [-0.4, -0.2) is 29.4 Å². The van der Waals surface area contributed by atoms with Crippen LogP contribution in [0.15, 0.2) is 107 Å². The van der Waals surface area contributed by atoms with Gasteiger partial charge in [-0.1, -0.05) is 34.1 Å². The molecule has 0 aliphatic heterocycles. The second kappa shape index (κ2) is 13.7. The molecule has 0 spiro atoms. The number of amidine groups is 2. The molecule has 0 aliphatic rings. The maximum atomic E-state index is 13.1. The molecule has 4 aromatic rings. The minimum atomic E-state index is -0.582. The van der Waals surface area contributed by atoms with Crippen LogP contribution in [0, 0.1) is 6.92 Å². The lowest BCUT2D eigenvalue weighted by Crippen LogP contribution is -2.31. The molecular formula is C32H30N6O5. The monoisotopic (exact) mass is 578 g/mol. The van der Waals surface area contributed by atoms with Crippen molar-refractivity contribution in [3.8, 4) is 0 Å². The number of hydrogen-bond donors (Lipinski definition) is 3. The number of anilines is 3. The second-order valence-corrected chi connectivity index (χ2v) is 9.40. The highest BCUT2D eigenvalue weighted by atomic mass is 16.7. The van der Waals surface area contributed by atoms with E-state index in [1.807, 2.05) is 66.4 Å². The van der Waals surface area contributed by atoms with Gasteiger partial charge < -0.3 is 25.7 Å². The topological polar surface area (TPSA) is 162 Å². The Hall–Kier alpha value is -5.81. The Bertz CT molecular complexity index is 1680. The van der Waals surface area contributed by atoms with Crippen molar-refractivity contribution in [3.05, 3.63) is 125 Å². The number of benzene rings is 4. The molecule has 0 heterocycles. The van der Waals surface area contributed by atoms with Crippen LogP contribution >= 0.6 is 0 Å². The fraction of sp³-hybridized carbons (Fsp3) is 0.0938. The van der Waals surface area contributed by atoms with Gasteiger partial charge >= 0.3 is 11.9 Å². The van der Waals surface area contributed by atoms with E-state index in [0.29, 0.717) is 22.3 Å². The summed E-state index contributed by atoms with van der Waals surface area (Å²) in [6.07, 6.45) is 0. The fourth-order valence-electron chi connectivity index (χ4n) is 4.15. The molecule has 11 heteroatoms. The molecule has 0 aliphatic carbocycles. The van der Waals surface area contributed by atoms with Crippen LogP contribution in [0.3, 0.4) is 0 Å². The van der Waals surface area contributed by atoms with Gasteiger partial charge in [-0.05, 0) is 85.8 Å². The van der Waals surface area contributed by atoms with Crippen LogP contribution in [0.1, 0.15) is 46.5 Å². The summed E-state index contributed by atoms with van der Waals surface area (Å²) in [6, 6.07) is 29.1.